The molecule has 1 aliphatic rings. The van der Waals surface area contributed by atoms with E-state index < -0.39 is 0 Å². The number of nitrogens with zero attached hydrogens (tertiary/aromatic N) is 2. The number of nitrogens with one attached hydrogen (secondary N) is 2. The molecule has 2 rings (SSSR count). The Balaban J connectivity index is 1.96. The molecule has 2 heterocycles. The van der Waals surface area contributed by atoms with Gasteiger partial charge in [-0.05, 0) is 25.9 Å². The van der Waals surface area contributed by atoms with Gasteiger partial charge in [0.2, 0.25) is 17.7 Å². The predicted octanol–water partition coefficient (Wildman–Crippen LogP) is 0.342. The number of hydrogen-bond acceptors (Lipinski definition) is 5. The van der Waals surface area contributed by atoms with Gasteiger partial charge in [0.25, 0.3) is 0 Å². The van der Waals surface area contributed by atoms with Crippen LogP contribution in [0.3, 0.4) is 0 Å². The topological polar surface area (TPSA) is 76.1 Å². The lowest BCUT2D eigenvalue weighted by Gasteiger charge is -2.26. The Bertz CT molecular complexity index is 418. The van der Waals surface area contributed by atoms with Crippen molar-refractivity contribution in [1.29, 1.82) is 0 Å². The Morgan fingerprint density at radius 1 is 1.59 bits per heavy atom. The summed E-state index contributed by atoms with van der Waals surface area (Å²) in [5, 5.41) is 5.81. The third-order valence-electron chi connectivity index (χ3n) is 2.63. The quantitative estimate of drug-likeness (QED) is 0.788. The molecule has 6 heteroatoms. The number of methoxy groups -OCH3 is 1. The van der Waals surface area contributed by atoms with E-state index in [-0.39, 0.29) is 5.91 Å². The molecule has 1 amide bonds. The van der Waals surface area contributed by atoms with Crippen LogP contribution in [0.5, 0.6) is 5.88 Å². The van der Waals surface area contributed by atoms with Crippen LogP contribution in [0.1, 0.15) is 12.1 Å². The highest BCUT2D eigenvalue weighted by Gasteiger charge is 2.20. The first kappa shape index (κ1) is 11.8. The van der Waals surface area contributed by atoms with Crippen LogP contribution >= 0.6 is 0 Å². The van der Waals surface area contributed by atoms with Crippen molar-refractivity contribution in [2.24, 2.45) is 5.92 Å². The van der Waals surface area contributed by atoms with E-state index >= 15 is 0 Å². The smallest absolute Gasteiger partial charge is 0.232 e. The molecular weight excluding hydrogens is 220 g/mol. The van der Waals surface area contributed by atoms with Crippen molar-refractivity contribution < 1.29 is 9.53 Å². The highest BCUT2D eigenvalue weighted by atomic mass is 16.5. The zero-order valence-corrected chi connectivity index (χ0v) is 9.99. The van der Waals surface area contributed by atoms with Gasteiger partial charge in [0.15, 0.2) is 0 Å². The Morgan fingerprint density at radius 2 is 2.35 bits per heavy atom. The van der Waals surface area contributed by atoms with E-state index in [1.807, 2.05) is 6.92 Å². The highest BCUT2D eigenvalue weighted by Crippen LogP contribution is 2.13. The van der Waals surface area contributed by atoms with Gasteiger partial charge < -0.3 is 10.1 Å². The molecule has 0 saturated carbocycles. The highest BCUT2D eigenvalue weighted by molar-refractivity contribution is 5.89. The minimum Gasteiger partial charge on any atom is -0.481 e. The molecule has 1 saturated heterocycles. The predicted molar refractivity (Wildman–Crippen MR) is 62.9 cm³/mol. The van der Waals surface area contributed by atoms with Crippen LogP contribution in [0, 0.1) is 12.8 Å². The van der Waals surface area contributed by atoms with Gasteiger partial charge in [0.1, 0.15) is 0 Å². The van der Waals surface area contributed by atoms with Crippen molar-refractivity contribution >= 4 is 11.9 Å². The van der Waals surface area contributed by atoms with E-state index in [2.05, 4.69) is 20.6 Å². The molecule has 0 aliphatic carbocycles. The van der Waals surface area contributed by atoms with Crippen molar-refractivity contribution in [3.05, 3.63) is 11.8 Å². The van der Waals surface area contributed by atoms with Gasteiger partial charge in [-0.3, -0.25) is 10.1 Å². The molecule has 0 unspecified atom stereocenters. The Hall–Kier alpha value is -1.69. The molecule has 0 spiro atoms. The van der Waals surface area contributed by atoms with Gasteiger partial charge in [-0.25, -0.2) is 4.98 Å². The number of rotatable bonds is 4. The van der Waals surface area contributed by atoms with Gasteiger partial charge in [-0.1, -0.05) is 0 Å². The lowest BCUT2D eigenvalue weighted by atomic mass is 9.99. The van der Waals surface area contributed by atoms with Gasteiger partial charge in [0, 0.05) is 18.2 Å². The molecule has 0 aromatic carbocycles. The fourth-order valence-electron chi connectivity index (χ4n) is 1.63. The van der Waals surface area contributed by atoms with Crippen LogP contribution in [0.15, 0.2) is 6.07 Å². The number of aromatic nitrogens is 2. The Morgan fingerprint density at radius 3 is 2.94 bits per heavy atom. The SMILES string of the molecule is COc1cc(C)nc(NC(=O)CC2CNC2)n1. The van der Waals surface area contributed by atoms with Crippen LogP contribution in [0.2, 0.25) is 0 Å². The third kappa shape index (κ3) is 3.13. The minimum atomic E-state index is -0.0517. The zero-order valence-electron chi connectivity index (χ0n) is 9.99. The second kappa shape index (κ2) is 5.09. The number of ether oxygens (including phenoxy) is 1. The summed E-state index contributed by atoms with van der Waals surface area (Å²) in [6.45, 7) is 3.65. The molecule has 1 aromatic heterocycles. The van der Waals surface area contributed by atoms with Gasteiger partial charge >= 0.3 is 0 Å². The number of carbonyl (C=O) groups excluding carboxylic acids is 1. The molecule has 1 aromatic rings. The maximum Gasteiger partial charge on any atom is 0.232 e. The maximum atomic E-state index is 11.7. The van der Waals surface area contributed by atoms with Crippen LogP contribution in [0.4, 0.5) is 5.95 Å². The van der Waals surface area contributed by atoms with Crippen molar-refractivity contribution in [2.45, 2.75) is 13.3 Å². The second-order valence-corrected chi connectivity index (χ2v) is 4.15. The molecular formula is C11H16N4O2. The van der Waals surface area contributed by atoms with E-state index in [4.69, 9.17) is 4.74 Å². The summed E-state index contributed by atoms with van der Waals surface area (Å²) < 4.78 is 5.02. The molecule has 1 aliphatic heterocycles. The molecule has 0 bridgehead atoms. The van der Waals surface area contributed by atoms with Crippen LogP contribution in [0.25, 0.3) is 0 Å². The first-order valence-corrected chi connectivity index (χ1v) is 5.57. The summed E-state index contributed by atoms with van der Waals surface area (Å²) in [5.41, 5.74) is 0.762. The number of amides is 1. The number of anilines is 1. The lowest BCUT2D eigenvalue weighted by Crippen LogP contribution is -2.43. The normalized spacial score (nSPS) is 15.2. The fraction of sp³-hybridized carbons (Fsp3) is 0.545. The summed E-state index contributed by atoms with van der Waals surface area (Å²) in [5.74, 6) is 1.14. The van der Waals surface area contributed by atoms with Gasteiger partial charge in [-0.2, -0.15) is 4.98 Å². The average Bonchev–Trinajstić information content (AvgIpc) is 2.22. The third-order valence-corrected chi connectivity index (χ3v) is 2.63. The van der Waals surface area contributed by atoms with E-state index in [9.17, 15) is 4.79 Å². The molecule has 17 heavy (non-hydrogen) atoms. The van der Waals surface area contributed by atoms with Crippen molar-refractivity contribution in [2.75, 3.05) is 25.5 Å². The van der Waals surface area contributed by atoms with Crippen LogP contribution in [-0.2, 0) is 4.79 Å². The van der Waals surface area contributed by atoms with Crippen molar-refractivity contribution in [3.63, 3.8) is 0 Å². The maximum absolute atomic E-state index is 11.7. The summed E-state index contributed by atoms with van der Waals surface area (Å²) in [6.07, 6.45) is 0.507. The average molecular weight is 236 g/mol. The Kier molecular flexibility index (Phi) is 3.53. The molecule has 6 nitrogen and oxygen atoms in total. The number of aryl methyl sites for hydroxylation is 1. The summed E-state index contributed by atoms with van der Waals surface area (Å²) in [4.78, 5) is 19.9. The van der Waals surface area contributed by atoms with Crippen LogP contribution < -0.4 is 15.4 Å². The largest absolute Gasteiger partial charge is 0.481 e. The second-order valence-electron chi connectivity index (χ2n) is 4.15. The fourth-order valence-corrected chi connectivity index (χ4v) is 1.63. The van der Waals surface area contributed by atoms with E-state index in [0.717, 1.165) is 18.8 Å². The van der Waals surface area contributed by atoms with Crippen molar-refractivity contribution in [1.82, 2.24) is 15.3 Å². The monoisotopic (exact) mass is 236 g/mol. The molecule has 1 fully saturated rings. The first-order valence-electron chi connectivity index (χ1n) is 5.57. The summed E-state index contributed by atoms with van der Waals surface area (Å²) >= 11 is 0. The lowest BCUT2D eigenvalue weighted by molar-refractivity contribution is -0.117. The molecule has 0 radical (unpaired) electrons. The molecule has 2 N–H and O–H groups in total. The minimum absolute atomic E-state index is 0.0517. The zero-order chi connectivity index (χ0) is 12.3. The summed E-state index contributed by atoms with van der Waals surface area (Å²) in [6, 6.07) is 1.71. The van der Waals surface area contributed by atoms with Crippen molar-refractivity contribution in [3.8, 4) is 5.88 Å². The number of carbonyl (C=O) groups is 1. The van der Waals surface area contributed by atoms with E-state index in [1.54, 1.807) is 6.07 Å². The molecule has 92 valence electrons. The standard InChI is InChI=1S/C11H16N4O2/c1-7-3-10(17-2)15-11(13-7)14-9(16)4-8-5-12-6-8/h3,8,12H,4-6H2,1-2H3,(H,13,14,15,16). The molecule has 0 atom stereocenters. The van der Waals surface area contributed by atoms with E-state index in [1.165, 1.54) is 7.11 Å². The van der Waals surface area contributed by atoms with Crippen LogP contribution in [-0.4, -0.2) is 36.1 Å². The summed E-state index contributed by atoms with van der Waals surface area (Å²) in [7, 11) is 1.54. The van der Waals surface area contributed by atoms with Gasteiger partial charge in [-0.15, -0.1) is 0 Å². The van der Waals surface area contributed by atoms with Gasteiger partial charge in [0.05, 0.1) is 7.11 Å². The van der Waals surface area contributed by atoms with E-state index in [0.29, 0.717) is 24.2 Å². The first-order chi connectivity index (χ1) is 8.17. The Labute approximate surface area is 99.8 Å². The number of hydrogen-bond donors (Lipinski definition) is 2.